The van der Waals surface area contributed by atoms with Gasteiger partial charge in [-0.15, -0.1) is 0 Å². The summed E-state index contributed by atoms with van der Waals surface area (Å²) in [6.45, 7) is 37.2. The van der Waals surface area contributed by atoms with Crippen LogP contribution < -0.4 is 76.1 Å². The Kier molecular flexibility index (Phi) is 30.1. The number of amides is 12. The summed E-state index contributed by atoms with van der Waals surface area (Å²) in [5.74, 6) is 2.68. The highest BCUT2D eigenvalue weighted by atomic mass is 16.5. The van der Waals surface area contributed by atoms with Gasteiger partial charge in [-0.25, -0.2) is 28.8 Å². The lowest BCUT2D eigenvalue weighted by Crippen LogP contribution is -2.44. The minimum atomic E-state index is -0.691. The van der Waals surface area contributed by atoms with Crippen LogP contribution in [0.15, 0.2) is 138 Å². The Morgan fingerprint density at radius 3 is 1.00 bits per heavy atom. The van der Waals surface area contributed by atoms with E-state index >= 15 is 0 Å². The van der Waals surface area contributed by atoms with E-state index in [1.54, 1.807) is 72.7 Å². The highest BCUT2D eigenvalue weighted by molar-refractivity contribution is 6.05. The molecule has 0 saturated carbocycles. The van der Waals surface area contributed by atoms with Crippen molar-refractivity contribution in [1.82, 2.24) is 86.7 Å². The van der Waals surface area contributed by atoms with Gasteiger partial charge < -0.3 is 10.1 Å². The van der Waals surface area contributed by atoms with E-state index in [9.17, 15) is 86.3 Å². The molecule has 6 saturated heterocycles. The maximum Gasteiger partial charge on any atom is 0.329 e. The predicted octanol–water partition coefficient (Wildman–Crippen LogP) is 10.2. The second kappa shape index (κ2) is 40.7. The number of nitrogens with zero attached hydrogens (tertiary/aromatic N) is 12. The van der Waals surface area contributed by atoms with Crippen LogP contribution >= 0.6 is 0 Å². The number of benzene rings is 6. The molecule has 144 heavy (non-hydrogen) atoms. The molecule has 6 aromatic heterocycles. The van der Waals surface area contributed by atoms with Gasteiger partial charge in [0.05, 0.1) is 71.9 Å². The summed E-state index contributed by atoms with van der Waals surface area (Å²) < 4.78 is 24.3. The molecule has 12 heterocycles. The molecular weight excluding hydrogens is 1840 g/mol. The third kappa shape index (κ3) is 22.7. The SMILES string of the molecule is Cn1c(=O)n(C2CCC(=O)NC2=O)c2ccc(CC(C)(C)C)cc21.Cn1c(=O)n(C2CCC(=O)NC2=O)c2cccc(C#CC(C)(C)C)c21.Cn1c(=O)n(C2CCC(=O)NC2=O)c2cccc(C(C)(C)C)c21.Cn1c(=O)n(C2CCC(=O)NC2=O)c2cccc(CC(C)(C)C)c21.Cn1c(=O)n(C2CCC(=O)NC2=O)c2cccc(NC(C)(C)C)c21.Cn1c(=O)n(C2CCC(=O)NC2=O)c2cccc(OC(C)(C)C)c21. The molecule has 764 valence electrons. The number of hydrogen-bond donors (Lipinski definition) is 7. The number of hydrogen-bond acceptors (Lipinski definition) is 20. The molecule has 6 aliphatic heterocycles. The van der Waals surface area contributed by atoms with Crippen LogP contribution in [0.1, 0.15) is 260 Å². The first-order chi connectivity index (χ1) is 67.1. The highest BCUT2D eigenvalue weighted by Crippen LogP contribution is 2.38. The molecule has 18 rings (SSSR count). The average molecular weight is 1980 g/mol. The number of anilines is 1. The summed E-state index contributed by atoms with van der Waals surface area (Å²) in [7, 11) is 10.2. The lowest BCUT2D eigenvalue weighted by atomic mass is 9.86. The van der Waals surface area contributed by atoms with Gasteiger partial charge >= 0.3 is 34.1 Å². The highest BCUT2D eigenvalue weighted by Gasteiger charge is 2.40. The Bertz CT molecular complexity index is 7380. The van der Waals surface area contributed by atoms with E-state index in [1.165, 1.54) is 36.5 Å². The number of piperidine rings is 6. The number of aryl methyl sites for hydroxylation is 6. The molecule has 6 fully saturated rings. The zero-order valence-electron chi connectivity index (χ0n) is 86.4. The summed E-state index contributed by atoms with van der Waals surface area (Å²) in [5, 5.41) is 17.3. The molecule has 38 nitrogen and oxygen atoms in total. The van der Waals surface area contributed by atoms with Crippen LogP contribution in [0.25, 0.3) is 66.2 Å². The lowest BCUT2D eigenvalue weighted by molar-refractivity contribution is -0.137. The molecular formula is C106H131N19O19. The molecule has 7 N–H and O–H groups in total. The molecule has 6 unspecified atom stereocenters. The average Bonchev–Trinajstić information content (AvgIpc) is 1.62. The van der Waals surface area contributed by atoms with Crippen molar-refractivity contribution < 1.29 is 62.3 Å². The van der Waals surface area contributed by atoms with Crippen LogP contribution in [0.3, 0.4) is 0 Å². The molecule has 6 atom stereocenters. The summed E-state index contributed by atoms with van der Waals surface area (Å²) in [5.41, 5.74) is 11.5. The third-order valence-corrected chi connectivity index (χ3v) is 25.6. The molecule has 6 aromatic carbocycles. The first-order valence-corrected chi connectivity index (χ1v) is 48.4. The third-order valence-electron chi connectivity index (χ3n) is 25.6. The van der Waals surface area contributed by atoms with Crippen LogP contribution in [0.5, 0.6) is 5.75 Å². The van der Waals surface area contributed by atoms with Crippen LogP contribution in [-0.2, 0) is 118 Å². The number of carbonyl (C=O) groups excluding carboxylic acids is 12. The molecule has 0 radical (unpaired) electrons. The number of carbonyl (C=O) groups is 12. The number of rotatable bonds is 10. The predicted molar refractivity (Wildman–Crippen MR) is 547 cm³/mol. The molecule has 12 aromatic rings. The minimum absolute atomic E-state index is 0.0844. The topological polar surface area (TPSA) is 460 Å². The number of nitrogens with one attached hydrogen (secondary N) is 7. The molecule has 0 spiro atoms. The Morgan fingerprint density at radius 2 is 0.632 bits per heavy atom. The van der Waals surface area contributed by atoms with Crippen molar-refractivity contribution >= 4 is 143 Å². The maximum absolute atomic E-state index is 12.8. The van der Waals surface area contributed by atoms with Crippen molar-refractivity contribution in [2.24, 2.45) is 58.5 Å². The summed E-state index contributed by atoms with van der Waals surface area (Å²) >= 11 is 0. The van der Waals surface area contributed by atoms with E-state index in [4.69, 9.17) is 4.74 Å². The van der Waals surface area contributed by atoms with Gasteiger partial charge in [0.2, 0.25) is 70.9 Å². The summed E-state index contributed by atoms with van der Waals surface area (Å²) in [6, 6.07) is 30.1. The standard InChI is InChI=1S/C19H21N3O3.2C18H23N3O3.C17H22N4O3.C17H21N3O4.C17H21N3O3/c1-19(2,3)11-10-12-6-5-7-13-16(12)21(4)18(25)22(13)14-8-9-15(23)20-17(14)24;1-18(2,3)10-11-5-6-12-14(9-11)20(4)17(24)21(12)13-7-8-15(22)19-16(13)23;1-18(2,3)10-11-6-5-7-12-15(11)20(4)17(24)21(12)13-8-9-14(22)19-16(13)23;1-17(2,3)19-10-6-5-7-11-14(10)20(4)16(24)21(11)12-8-9-13(22)18-15(12)23;1-17(2,3)24-12-7-5-6-10-14(12)19(4)16(23)20(10)11-8-9-13(21)18-15(11)22;1-17(2,3)10-6-5-7-11-14(10)19(4)16(23)20(11)12-8-9-13(21)18-15(12)22/h5-7,14H,8-9H2,1-4H3,(H,20,23,24);5-6,9,13H,7-8,10H2,1-4H3,(H,19,22,23);5-7,13H,8-10H2,1-4H3,(H,19,22,23);5-7,12,19H,8-9H2,1-4H3,(H,18,22,23);5-7,11H,8-9H2,1-4H3,(H,18,21,22);5-7,12H,8-9H2,1-4H3,(H,18,21,22). The zero-order chi connectivity index (χ0) is 106. The number of imide groups is 6. The Morgan fingerprint density at radius 1 is 0.319 bits per heavy atom. The first kappa shape index (κ1) is 106. The second-order valence-corrected chi connectivity index (χ2v) is 44.1. The maximum atomic E-state index is 12.8. The zero-order valence-corrected chi connectivity index (χ0v) is 86.4. The van der Waals surface area contributed by atoms with Gasteiger partial charge in [-0.05, 0) is 207 Å². The van der Waals surface area contributed by atoms with Crippen molar-refractivity contribution in [2.45, 2.75) is 267 Å². The number of fused-ring (bicyclic) bond motifs is 6. The number of aromatic nitrogens is 12. The molecule has 6 aliphatic rings. The fraction of sp³-hybridized carbons (Fsp3) is 0.472. The van der Waals surface area contributed by atoms with Gasteiger partial charge in [0, 0.05) is 91.8 Å². The normalized spacial score (nSPS) is 18.8. The van der Waals surface area contributed by atoms with E-state index in [0.717, 1.165) is 79.4 Å². The van der Waals surface area contributed by atoms with Gasteiger partial charge in [0.1, 0.15) is 53.1 Å². The molecule has 0 bridgehead atoms. The Balaban J connectivity index is 0.000000145. The Hall–Kier alpha value is -15.1. The Labute approximate surface area is 830 Å². The second-order valence-electron chi connectivity index (χ2n) is 44.1. The van der Waals surface area contributed by atoms with Crippen molar-refractivity contribution in [3.8, 4) is 17.6 Å². The van der Waals surface area contributed by atoms with Crippen LogP contribution in [0.4, 0.5) is 5.69 Å². The largest absolute Gasteiger partial charge is 0.486 e. The van der Waals surface area contributed by atoms with Crippen LogP contribution in [-0.4, -0.2) is 137 Å². The summed E-state index contributed by atoms with van der Waals surface area (Å²) in [6.07, 6.45) is 5.19. The van der Waals surface area contributed by atoms with E-state index in [-0.39, 0.29) is 135 Å². The number of imidazole rings is 6. The van der Waals surface area contributed by atoms with Gasteiger partial charge in [-0.3, -0.25) is 144 Å². The first-order valence-electron chi connectivity index (χ1n) is 48.4. The van der Waals surface area contributed by atoms with Gasteiger partial charge in [-0.1, -0.05) is 123 Å². The number of ether oxygens (including phenoxy) is 1. The van der Waals surface area contributed by atoms with Gasteiger partial charge in [0.15, 0.2) is 0 Å². The van der Waals surface area contributed by atoms with Crippen molar-refractivity contribution in [3.05, 3.63) is 194 Å². The molecule has 12 amide bonds. The van der Waals surface area contributed by atoms with Crippen molar-refractivity contribution in [1.29, 1.82) is 0 Å². The van der Waals surface area contributed by atoms with E-state index < -0.39 is 77.3 Å². The monoisotopic (exact) mass is 1970 g/mol. The van der Waals surface area contributed by atoms with Crippen LogP contribution in [0, 0.1) is 28.1 Å². The van der Waals surface area contributed by atoms with Crippen LogP contribution in [0.2, 0.25) is 0 Å². The van der Waals surface area contributed by atoms with Gasteiger partial charge in [0.25, 0.3) is 0 Å². The fourth-order valence-electron chi connectivity index (χ4n) is 19.3. The minimum Gasteiger partial charge on any atom is -0.486 e. The van der Waals surface area contributed by atoms with Gasteiger partial charge in [-0.2, -0.15) is 0 Å². The van der Waals surface area contributed by atoms with E-state index in [0.29, 0.717) is 71.9 Å². The smallest absolute Gasteiger partial charge is 0.329 e. The quantitative estimate of drug-likeness (QED) is 0.0494. The van der Waals surface area contributed by atoms with Crippen molar-refractivity contribution in [2.75, 3.05) is 5.32 Å². The van der Waals surface area contributed by atoms with E-state index in [2.05, 4.69) is 111 Å². The molecule has 38 heteroatoms. The molecule has 0 aliphatic carbocycles. The number of para-hydroxylation sites is 5. The van der Waals surface area contributed by atoms with Crippen molar-refractivity contribution in [3.63, 3.8) is 0 Å². The summed E-state index contributed by atoms with van der Waals surface area (Å²) in [4.78, 5) is 218. The fourth-order valence-corrected chi connectivity index (χ4v) is 19.3. The van der Waals surface area contributed by atoms with E-state index in [1.807, 2.05) is 159 Å². The lowest BCUT2D eigenvalue weighted by Gasteiger charge is -2.23.